The quantitative estimate of drug-likeness (QED) is 0.633. The molecule has 0 aliphatic carbocycles. The van der Waals surface area contributed by atoms with Crippen LogP contribution in [0, 0.1) is 0 Å². The Kier molecular flexibility index (Phi) is 7.31. The van der Waals surface area contributed by atoms with Crippen molar-refractivity contribution in [1.29, 1.82) is 0 Å². The van der Waals surface area contributed by atoms with Crippen molar-refractivity contribution < 1.29 is 28.2 Å². The van der Waals surface area contributed by atoms with Gasteiger partial charge in [-0.1, -0.05) is 6.07 Å². The van der Waals surface area contributed by atoms with Crippen molar-refractivity contribution in [2.45, 2.75) is 58.3 Å². The van der Waals surface area contributed by atoms with Gasteiger partial charge in [0.1, 0.15) is 12.3 Å². The Labute approximate surface area is 199 Å². The molecule has 0 bridgehead atoms. The number of ether oxygens (including phenoxy) is 3. The summed E-state index contributed by atoms with van der Waals surface area (Å²) in [4.78, 5) is 29.8. The van der Waals surface area contributed by atoms with Gasteiger partial charge in [0, 0.05) is 25.2 Å². The number of urea groups is 1. The molecule has 4 rings (SSSR count). The summed E-state index contributed by atoms with van der Waals surface area (Å²) in [6.07, 6.45) is 3.35. The van der Waals surface area contributed by atoms with Crippen LogP contribution in [-0.4, -0.2) is 59.9 Å². The first-order chi connectivity index (χ1) is 16.3. The highest BCUT2D eigenvalue weighted by atomic mass is 16.7. The molecule has 1 aromatic heterocycles. The Morgan fingerprint density at radius 2 is 1.91 bits per heavy atom. The van der Waals surface area contributed by atoms with Crippen LogP contribution in [-0.2, 0) is 22.6 Å². The summed E-state index contributed by atoms with van der Waals surface area (Å²) in [6.45, 7) is 7.55. The first-order valence-corrected chi connectivity index (χ1v) is 11.6. The van der Waals surface area contributed by atoms with Gasteiger partial charge in [0.05, 0.1) is 18.9 Å². The third-order valence-corrected chi connectivity index (χ3v) is 5.63. The molecule has 9 nitrogen and oxygen atoms in total. The molecular weight excluding hydrogens is 438 g/mol. The monoisotopic (exact) mass is 471 g/mol. The van der Waals surface area contributed by atoms with Crippen LogP contribution in [0.4, 0.5) is 4.79 Å². The Morgan fingerprint density at radius 1 is 1.09 bits per heavy atom. The summed E-state index contributed by atoms with van der Waals surface area (Å²) < 4.78 is 22.1. The van der Waals surface area contributed by atoms with Crippen molar-refractivity contribution >= 4 is 11.9 Å². The number of nitrogens with one attached hydrogen (secondary N) is 1. The number of rotatable bonds is 8. The van der Waals surface area contributed by atoms with Gasteiger partial charge >= 0.3 is 6.03 Å². The van der Waals surface area contributed by atoms with Gasteiger partial charge in [-0.25, -0.2) is 4.79 Å². The molecular formula is C25H33N3O6. The van der Waals surface area contributed by atoms with Gasteiger partial charge in [0.2, 0.25) is 12.7 Å². The second kappa shape index (κ2) is 10.4. The van der Waals surface area contributed by atoms with E-state index < -0.39 is 5.54 Å². The molecule has 184 valence electrons. The van der Waals surface area contributed by atoms with Crippen LogP contribution in [0.5, 0.6) is 11.5 Å². The van der Waals surface area contributed by atoms with E-state index in [1.54, 1.807) is 22.1 Å². The second-order valence-corrected chi connectivity index (χ2v) is 9.71. The van der Waals surface area contributed by atoms with Crippen molar-refractivity contribution in [2.75, 3.05) is 26.5 Å². The van der Waals surface area contributed by atoms with E-state index >= 15 is 0 Å². The summed E-state index contributed by atoms with van der Waals surface area (Å²) in [7, 11) is 0. The minimum atomic E-state index is -0.421. The highest BCUT2D eigenvalue weighted by Gasteiger charge is 2.29. The van der Waals surface area contributed by atoms with Gasteiger partial charge in [-0.3, -0.25) is 4.79 Å². The normalized spacial score (nSPS) is 17.0. The van der Waals surface area contributed by atoms with Crippen molar-refractivity contribution in [2.24, 2.45) is 0 Å². The first-order valence-electron chi connectivity index (χ1n) is 11.6. The largest absolute Gasteiger partial charge is 0.467 e. The average Bonchev–Trinajstić information content (AvgIpc) is 3.54. The molecule has 1 N–H and O–H groups in total. The molecule has 9 heteroatoms. The maximum atomic E-state index is 13.5. The zero-order valence-corrected chi connectivity index (χ0v) is 20.0. The molecule has 1 aromatic carbocycles. The van der Waals surface area contributed by atoms with Crippen molar-refractivity contribution in [1.82, 2.24) is 15.1 Å². The summed E-state index contributed by atoms with van der Waals surface area (Å²) in [5.41, 5.74) is 0.476. The third kappa shape index (κ3) is 6.44. The fourth-order valence-corrected chi connectivity index (χ4v) is 4.00. The Balaban J connectivity index is 1.50. The highest BCUT2D eigenvalue weighted by Crippen LogP contribution is 2.33. The second-order valence-electron chi connectivity index (χ2n) is 9.71. The average molecular weight is 472 g/mol. The lowest BCUT2D eigenvalue weighted by Gasteiger charge is -2.31. The Morgan fingerprint density at radius 3 is 2.62 bits per heavy atom. The lowest BCUT2D eigenvalue weighted by molar-refractivity contribution is -0.133. The SMILES string of the molecule is CC(C)(C)NC(=O)N(CC(=O)N(Cc1ccc2c(c1)OCO2)Cc1ccco1)CC1CCCO1. The predicted octanol–water partition coefficient (Wildman–Crippen LogP) is 3.53. The van der Waals surface area contributed by atoms with E-state index in [0.29, 0.717) is 37.0 Å². The number of fused-ring (bicyclic) bond motifs is 1. The number of hydrogen-bond donors (Lipinski definition) is 1. The Hall–Kier alpha value is -3.20. The molecule has 1 fully saturated rings. The fourth-order valence-electron chi connectivity index (χ4n) is 4.00. The van der Waals surface area contributed by atoms with E-state index in [-0.39, 0.29) is 37.9 Å². The number of carbonyl (C=O) groups is 2. The van der Waals surface area contributed by atoms with E-state index in [2.05, 4.69) is 5.32 Å². The van der Waals surface area contributed by atoms with Crippen LogP contribution in [0.2, 0.25) is 0 Å². The zero-order valence-electron chi connectivity index (χ0n) is 20.0. The van der Waals surface area contributed by atoms with E-state index in [9.17, 15) is 9.59 Å². The number of nitrogens with zero attached hydrogens (tertiary/aromatic N) is 2. The molecule has 0 saturated carbocycles. The molecule has 2 aliphatic heterocycles. The zero-order chi connectivity index (χ0) is 24.1. The predicted molar refractivity (Wildman–Crippen MR) is 124 cm³/mol. The third-order valence-electron chi connectivity index (χ3n) is 5.63. The molecule has 34 heavy (non-hydrogen) atoms. The lowest BCUT2D eigenvalue weighted by Crippen LogP contribution is -2.53. The van der Waals surface area contributed by atoms with Gasteiger partial charge in [-0.2, -0.15) is 0 Å². The first kappa shape index (κ1) is 23.9. The van der Waals surface area contributed by atoms with Gasteiger partial charge in [0.25, 0.3) is 0 Å². The summed E-state index contributed by atoms with van der Waals surface area (Å²) >= 11 is 0. The van der Waals surface area contributed by atoms with E-state index in [4.69, 9.17) is 18.6 Å². The number of benzene rings is 1. The van der Waals surface area contributed by atoms with Crippen LogP contribution in [0.15, 0.2) is 41.0 Å². The Bertz CT molecular complexity index is 979. The highest BCUT2D eigenvalue weighted by molar-refractivity contribution is 5.84. The summed E-state index contributed by atoms with van der Waals surface area (Å²) in [5.74, 6) is 1.83. The summed E-state index contributed by atoms with van der Waals surface area (Å²) in [6, 6.07) is 8.97. The maximum absolute atomic E-state index is 13.5. The topological polar surface area (TPSA) is 93.5 Å². The summed E-state index contributed by atoms with van der Waals surface area (Å²) in [5, 5.41) is 2.97. The smallest absolute Gasteiger partial charge is 0.318 e. The molecule has 2 aliphatic rings. The van der Waals surface area contributed by atoms with Gasteiger partial charge in [-0.15, -0.1) is 0 Å². The van der Waals surface area contributed by atoms with E-state index in [1.165, 1.54) is 0 Å². The molecule has 2 aromatic rings. The standard InChI is InChI=1S/C25H33N3O6/c1-25(2,3)26-24(30)28(15-20-7-5-11-32-20)16-23(29)27(14-19-6-4-10-31-19)13-18-8-9-21-22(12-18)34-17-33-21/h4,6,8-10,12,20H,5,7,11,13-17H2,1-3H3,(H,26,30). The minimum Gasteiger partial charge on any atom is -0.467 e. The maximum Gasteiger partial charge on any atom is 0.318 e. The molecule has 1 atom stereocenters. The number of hydrogen-bond acceptors (Lipinski definition) is 6. The van der Waals surface area contributed by atoms with Crippen LogP contribution < -0.4 is 14.8 Å². The van der Waals surface area contributed by atoms with Crippen LogP contribution >= 0.6 is 0 Å². The number of furan rings is 1. The molecule has 3 amide bonds. The molecule has 0 spiro atoms. The van der Waals surface area contributed by atoms with Gasteiger partial charge in [-0.05, 0) is 63.4 Å². The fraction of sp³-hybridized carbons (Fsp3) is 0.520. The van der Waals surface area contributed by atoms with Gasteiger partial charge in [0.15, 0.2) is 11.5 Å². The number of amides is 3. The molecule has 1 unspecified atom stereocenters. The number of carbonyl (C=O) groups excluding carboxylic acids is 2. The van der Waals surface area contributed by atoms with E-state index in [1.807, 2.05) is 45.0 Å². The van der Waals surface area contributed by atoms with Crippen LogP contribution in [0.1, 0.15) is 44.9 Å². The van der Waals surface area contributed by atoms with Crippen LogP contribution in [0.3, 0.4) is 0 Å². The minimum absolute atomic E-state index is 0.0625. The molecule has 0 radical (unpaired) electrons. The lowest BCUT2D eigenvalue weighted by atomic mass is 10.1. The molecule has 3 heterocycles. The van der Waals surface area contributed by atoms with Gasteiger partial charge < -0.3 is 33.7 Å². The van der Waals surface area contributed by atoms with E-state index in [0.717, 1.165) is 18.4 Å². The van der Waals surface area contributed by atoms with Crippen molar-refractivity contribution in [3.63, 3.8) is 0 Å². The van der Waals surface area contributed by atoms with Crippen molar-refractivity contribution in [3.8, 4) is 11.5 Å². The van der Waals surface area contributed by atoms with Crippen LogP contribution in [0.25, 0.3) is 0 Å². The molecule has 1 saturated heterocycles. The van der Waals surface area contributed by atoms with Crippen molar-refractivity contribution in [3.05, 3.63) is 47.9 Å².